The Bertz CT molecular complexity index is 811. The number of hydrogen-bond acceptors (Lipinski definition) is 3. The highest BCUT2D eigenvalue weighted by Crippen LogP contribution is 2.27. The largest absolute Gasteiger partial charge is 0.485 e. The van der Waals surface area contributed by atoms with Crippen molar-refractivity contribution in [1.29, 1.82) is 0 Å². The highest BCUT2D eigenvalue weighted by atomic mass is 16.5. The molecule has 1 aliphatic rings. The number of aromatic nitrogens is 1. The molecule has 0 bridgehead atoms. The number of ether oxygens (including phenoxy) is 1. The van der Waals surface area contributed by atoms with Crippen LogP contribution in [0.15, 0.2) is 54.7 Å². The summed E-state index contributed by atoms with van der Waals surface area (Å²) in [7, 11) is 0. The number of fused-ring (bicyclic) bond motifs is 2. The summed E-state index contributed by atoms with van der Waals surface area (Å²) in [4.78, 5) is 3.34. The number of H-pyrrole nitrogens is 1. The average Bonchev–Trinajstić information content (AvgIpc) is 3.05. The first-order valence-electron chi connectivity index (χ1n) is 8.65. The lowest BCUT2D eigenvalue weighted by Crippen LogP contribution is -2.39. The van der Waals surface area contributed by atoms with Crippen LogP contribution >= 0.6 is 0 Å². The second kappa shape index (κ2) is 6.97. The Hall–Kier alpha value is -2.46. The molecular formula is C20H23N3O. The summed E-state index contributed by atoms with van der Waals surface area (Å²) in [6, 6.07) is 16.6. The summed E-state index contributed by atoms with van der Waals surface area (Å²) in [6.07, 6.45) is 4.53. The third kappa shape index (κ3) is 3.24. The van der Waals surface area contributed by atoms with Crippen LogP contribution in [0.4, 0.5) is 5.69 Å². The van der Waals surface area contributed by atoms with Gasteiger partial charge in [0.2, 0.25) is 0 Å². The van der Waals surface area contributed by atoms with Crippen molar-refractivity contribution in [3.05, 3.63) is 60.3 Å². The normalized spacial score (nSPS) is 16.4. The first-order chi connectivity index (χ1) is 11.9. The van der Waals surface area contributed by atoms with Crippen molar-refractivity contribution >= 4 is 16.6 Å². The summed E-state index contributed by atoms with van der Waals surface area (Å²) < 4.78 is 6.01. The van der Waals surface area contributed by atoms with Gasteiger partial charge in [-0.15, -0.1) is 0 Å². The fourth-order valence-corrected chi connectivity index (χ4v) is 3.28. The van der Waals surface area contributed by atoms with Gasteiger partial charge in [0.1, 0.15) is 11.9 Å². The molecule has 24 heavy (non-hydrogen) atoms. The second-order valence-electron chi connectivity index (χ2n) is 6.28. The molecule has 1 aromatic heterocycles. The predicted octanol–water partition coefficient (Wildman–Crippen LogP) is 3.56. The SMILES string of the molecule is c1ccc2c(c1)NCC(CNCCCc1c[nH]c3ccccc13)O2. The van der Waals surface area contributed by atoms with E-state index in [1.165, 1.54) is 16.5 Å². The van der Waals surface area contributed by atoms with Gasteiger partial charge >= 0.3 is 0 Å². The van der Waals surface area contributed by atoms with E-state index < -0.39 is 0 Å². The third-order valence-corrected chi connectivity index (χ3v) is 4.55. The van der Waals surface area contributed by atoms with E-state index in [1.54, 1.807) is 0 Å². The maximum Gasteiger partial charge on any atom is 0.142 e. The molecule has 0 radical (unpaired) electrons. The van der Waals surface area contributed by atoms with E-state index in [2.05, 4.69) is 52.1 Å². The minimum atomic E-state index is 0.188. The second-order valence-corrected chi connectivity index (χ2v) is 6.28. The van der Waals surface area contributed by atoms with Crippen LogP contribution in [0.3, 0.4) is 0 Å². The van der Waals surface area contributed by atoms with Crippen LogP contribution in [0.5, 0.6) is 5.75 Å². The smallest absolute Gasteiger partial charge is 0.142 e. The van der Waals surface area contributed by atoms with Gasteiger partial charge in [0.15, 0.2) is 0 Å². The molecule has 0 amide bonds. The van der Waals surface area contributed by atoms with Crippen molar-refractivity contribution in [1.82, 2.24) is 10.3 Å². The first-order valence-corrected chi connectivity index (χ1v) is 8.65. The quantitative estimate of drug-likeness (QED) is 0.608. The number of nitrogens with one attached hydrogen (secondary N) is 3. The van der Waals surface area contributed by atoms with E-state index >= 15 is 0 Å². The van der Waals surface area contributed by atoms with Crippen LogP contribution in [0.25, 0.3) is 10.9 Å². The Balaban J connectivity index is 1.21. The van der Waals surface area contributed by atoms with Crippen molar-refractivity contribution in [3.8, 4) is 5.75 Å². The zero-order valence-corrected chi connectivity index (χ0v) is 13.7. The molecule has 1 unspecified atom stereocenters. The van der Waals surface area contributed by atoms with Gasteiger partial charge in [-0.1, -0.05) is 30.3 Å². The van der Waals surface area contributed by atoms with Gasteiger partial charge in [-0.2, -0.15) is 0 Å². The molecule has 2 aromatic carbocycles. The summed E-state index contributed by atoms with van der Waals surface area (Å²) in [5.74, 6) is 0.953. The van der Waals surface area contributed by atoms with Gasteiger partial charge in [0.25, 0.3) is 0 Å². The van der Waals surface area contributed by atoms with Crippen LogP contribution in [-0.2, 0) is 6.42 Å². The Kier molecular flexibility index (Phi) is 4.38. The summed E-state index contributed by atoms with van der Waals surface area (Å²) in [6.45, 7) is 2.72. The molecule has 3 aromatic rings. The Morgan fingerprint density at radius 3 is 2.96 bits per heavy atom. The number of anilines is 1. The van der Waals surface area contributed by atoms with Gasteiger partial charge in [-0.25, -0.2) is 0 Å². The molecule has 0 spiro atoms. The molecule has 4 nitrogen and oxygen atoms in total. The van der Waals surface area contributed by atoms with Crippen LogP contribution in [0.2, 0.25) is 0 Å². The molecule has 0 aliphatic carbocycles. The Morgan fingerprint density at radius 2 is 1.96 bits per heavy atom. The Morgan fingerprint density at radius 1 is 1.08 bits per heavy atom. The van der Waals surface area contributed by atoms with Crippen LogP contribution in [0.1, 0.15) is 12.0 Å². The lowest BCUT2D eigenvalue weighted by Gasteiger charge is -2.27. The van der Waals surface area contributed by atoms with Crippen molar-refractivity contribution in [2.75, 3.05) is 25.0 Å². The van der Waals surface area contributed by atoms with E-state index in [9.17, 15) is 0 Å². The maximum absolute atomic E-state index is 6.01. The van der Waals surface area contributed by atoms with E-state index in [0.29, 0.717) is 0 Å². The third-order valence-electron chi connectivity index (χ3n) is 4.55. The number of benzene rings is 2. The standard InChI is InChI=1S/C20H23N3O/c1-2-8-18-17(7-1)15(12-22-18)6-5-11-21-13-16-14-23-19-9-3-4-10-20(19)24-16/h1-4,7-10,12,16,21-23H,5-6,11,13-14H2. The summed E-state index contributed by atoms with van der Waals surface area (Å²) >= 11 is 0. The molecule has 1 atom stereocenters. The van der Waals surface area contributed by atoms with Crippen LogP contribution in [0, 0.1) is 0 Å². The molecule has 3 N–H and O–H groups in total. The number of para-hydroxylation sites is 3. The average molecular weight is 321 g/mol. The van der Waals surface area contributed by atoms with Crippen molar-refractivity contribution < 1.29 is 4.74 Å². The molecule has 124 valence electrons. The highest BCUT2D eigenvalue weighted by Gasteiger charge is 2.17. The summed E-state index contributed by atoms with van der Waals surface area (Å²) in [5, 5.41) is 8.29. The molecule has 0 saturated carbocycles. The maximum atomic E-state index is 6.01. The zero-order valence-electron chi connectivity index (χ0n) is 13.7. The number of aromatic amines is 1. The van der Waals surface area contributed by atoms with Crippen molar-refractivity contribution in [2.45, 2.75) is 18.9 Å². The van der Waals surface area contributed by atoms with E-state index in [-0.39, 0.29) is 6.10 Å². The summed E-state index contributed by atoms with van der Waals surface area (Å²) in [5.41, 5.74) is 3.71. The predicted molar refractivity (Wildman–Crippen MR) is 98.8 cm³/mol. The van der Waals surface area contributed by atoms with E-state index in [4.69, 9.17) is 4.74 Å². The van der Waals surface area contributed by atoms with Gasteiger partial charge in [-0.3, -0.25) is 0 Å². The van der Waals surface area contributed by atoms with E-state index in [1.807, 2.05) is 18.2 Å². The molecule has 1 aliphatic heterocycles. The van der Waals surface area contributed by atoms with Gasteiger partial charge in [0, 0.05) is 23.6 Å². The zero-order chi connectivity index (χ0) is 16.2. The molecule has 4 heteroatoms. The number of aryl methyl sites for hydroxylation is 1. The first kappa shape index (κ1) is 15.1. The van der Waals surface area contributed by atoms with Gasteiger partial charge < -0.3 is 20.4 Å². The van der Waals surface area contributed by atoms with Crippen molar-refractivity contribution in [3.63, 3.8) is 0 Å². The fraction of sp³-hybridized carbons (Fsp3) is 0.300. The van der Waals surface area contributed by atoms with Crippen molar-refractivity contribution in [2.24, 2.45) is 0 Å². The van der Waals surface area contributed by atoms with E-state index in [0.717, 1.165) is 43.9 Å². The number of hydrogen-bond donors (Lipinski definition) is 3. The topological polar surface area (TPSA) is 49.1 Å². The lowest BCUT2D eigenvalue weighted by atomic mass is 10.1. The van der Waals surface area contributed by atoms with Gasteiger partial charge in [-0.05, 0) is 43.1 Å². The minimum Gasteiger partial charge on any atom is -0.485 e. The molecule has 0 fully saturated rings. The molecule has 0 saturated heterocycles. The molecular weight excluding hydrogens is 298 g/mol. The Labute approximate surface area is 142 Å². The fourth-order valence-electron chi connectivity index (χ4n) is 3.28. The minimum absolute atomic E-state index is 0.188. The highest BCUT2D eigenvalue weighted by molar-refractivity contribution is 5.82. The van der Waals surface area contributed by atoms with Crippen LogP contribution in [-0.4, -0.2) is 30.7 Å². The monoisotopic (exact) mass is 321 g/mol. The number of rotatable bonds is 6. The van der Waals surface area contributed by atoms with Gasteiger partial charge in [0.05, 0.1) is 12.2 Å². The lowest BCUT2D eigenvalue weighted by molar-refractivity contribution is 0.202. The molecule has 2 heterocycles. The molecule has 4 rings (SSSR count). The van der Waals surface area contributed by atoms with Crippen LogP contribution < -0.4 is 15.4 Å².